The molecule has 282 valence electrons. The molecule has 0 spiro atoms. The summed E-state index contributed by atoms with van der Waals surface area (Å²) in [6.45, 7) is 0. The molecule has 8 aromatic rings. The van der Waals surface area contributed by atoms with E-state index in [0.29, 0.717) is 23.4 Å². The van der Waals surface area contributed by atoms with E-state index in [1.807, 2.05) is 109 Å². The Morgan fingerprint density at radius 3 is 1.39 bits per heavy atom. The third-order valence-electron chi connectivity index (χ3n) is 12.2. The molecule has 11 rings (SSSR count). The van der Waals surface area contributed by atoms with Crippen LogP contribution in [0.15, 0.2) is 170 Å². The van der Waals surface area contributed by atoms with E-state index in [1.54, 1.807) is 0 Å². The Hall–Kier alpha value is -7.64. The van der Waals surface area contributed by atoms with Crippen molar-refractivity contribution in [1.29, 1.82) is 0 Å². The summed E-state index contributed by atoms with van der Waals surface area (Å²) in [5.41, 5.74) is 13.8. The van der Waals surface area contributed by atoms with Crippen LogP contribution in [0.4, 0.5) is 0 Å². The van der Waals surface area contributed by atoms with Crippen LogP contribution in [0.5, 0.6) is 0 Å². The van der Waals surface area contributed by atoms with Crippen molar-refractivity contribution < 1.29 is 4.92 Å². The highest BCUT2D eigenvalue weighted by Crippen LogP contribution is 2.55. The lowest BCUT2D eigenvalue weighted by molar-refractivity contribution is -0.584. The average molecular weight is 764 g/mol. The summed E-state index contributed by atoms with van der Waals surface area (Å²) < 4.78 is 0. The molecule has 0 amide bonds. The molecule has 5 heterocycles. The van der Waals surface area contributed by atoms with Crippen molar-refractivity contribution in [3.8, 4) is 44.5 Å². The average Bonchev–Trinajstić information content (AvgIpc) is 4.11. The summed E-state index contributed by atoms with van der Waals surface area (Å²) in [6, 6.07) is 57.2. The van der Waals surface area contributed by atoms with E-state index in [0.717, 1.165) is 83.5 Å². The van der Waals surface area contributed by atoms with Gasteiger partial charge in [0.05, 0.1) is 29.4 Å². The molecule has 0 unspecified atom stereocenters. The first-order chi connectivity index (χ1) is 29.1. The molecule has 7 heteroatoms. The lowest BCUT2D eigenvalue weighted by atomic mass is 9.67. The molecule has 0 radical (unpaired) electrons. The van der Waals surface area contributed by atoms with Gasteiger partial charge < -0.3 is 9.97 Å². The third kappa shape index (κ3) is 5.57. The number of nitrogens with one attached hydrogen (secondary N) is 2. The van der Waals surface area contributed by atoms with Gasteiger partial charge in [-0.15, -0.1) is 0 Å². The maximum absolute atomic E-state index is 14.3. The summed E-state index contributed by atoms with van der Waals surface area (Å²) in [5, 5.41) is 14.3. The second-order valence-corrected chi connectivity index (χ2v) is 15.5. The monoisotopic (exact) mass is 763 g/mol. The van der Waals surface area contributed by atoms with Crippen LogP contribution in [0.25, 0.3) is 78.7 Å². The summed E-state index contributed by atoms with van der Waals surface area (Å²) in [7, 11) is 0. The Kier molecular flexibility index (Phi) is 8.08. The number of nitro groups is 1. The predicted molar refractivity (Wildman–Crippen MR) is 237 cm³/mol. The minimum Gasteiger partial charge on any atom is -0.354 e. The van der Waals surface area contributed by atoms with Crippen molar-refractivity contribution in [2.24, 2.45) is 0 Å². The predicted octanol–water partition coefficient (Wildman–Crippen LogP) is 12.2. The van der Waals surface area contributed by atoms with E-state index in [-0.39, 0.29) is 11.3 Å². The van der Waals surface area contributed by atoms with Crippen LogP contribution in [-0.4, -0.2) is 24.9 Å². The molecule has 1 aliphatic carbocycles. The molecule has 0 saturated heterocycles. The zero-order chi connectivity index (χ0) is 39.5. The second kappa shape index (κ2) is 13.8. The number of fused-ring (bicyclic) bond motifs is 12. The number of H-pyrrole nitrogens is 2. The zero-order valence-electron chi connectivity index (χ0n) is 32.0. The van der Waals surface area contributed by atoms with Crippen LogP contribution in [-0.2, 0) is 18.4 Å². The lowest BCUT2D eigenvalue weighted by Gasteiger charge is -2.34. The van der Waals surface area contributed by atoms with Crippen molar-refractivity contribution in [3.63, 3.8) is 0 Å². The molecule has 2 atom stereocenters. The number of nitrogens with zero attached hydrogens (tertiary/aromatic N) is 3. The Morgan fingerprint density at radius 2 is 0.898 bits per heavy atom. The van der Waals surface area contributed by atoms with Gasteiger partial charge >= 0.3 is 0 Å². The minimum atomic E-state index is -1.57. The molecule has 0 saturated carbocycles. The molecule has 5 aromatic carbocycles. The van der Waals surface area contributed by atoms with Gasteiger partial charge in [0.15, 0.2) is 0 Å². The SMILES string of the molecule is O=[N+]([O-])[C@]12Cc3ccccc3C[C@H]1c1nc2c(-c2ccccc2)c2ccc([nH]2)c(-c2ccccc2)c2nc(c(-c3ccccc3)c3ccc([nH]3)c1-c1ccccc1)C=C2. The van der Waals surface area contributed by atoms with Gasteiger partial charge in [-0.2, -0.15) is 0 Å². The molecule has 3 aliphatic rings. The fourth-order valence-electron chi connectivity index (χ4n) is 9.56. The maximum Gasteiger partial charge on any atom is 0.276 e. The van der Waals surface area contributed by atoms with Gasteiger partial charge in [-0.25, -0.2) is 9.97 Å². The van der Waals surface area contributed by atoms with E-state index >= 15 is 0 Å². The second-order valence-electron chi connectivity index (χ2n) is 15.5. The first-order valence-corrected chi connectivity index (χ1v) is 20.0. The molecule has 2 N–H and O–H groups in total. The zero-order valence-corrected chi connectivity index (χ0v) is 32.0. The number of benzene rings is 5. The number of hydrogen-bond donors (Lipinski definition) is 2. The largest absolute Gasteiger partial charge is 0.354 e. The molecule has 2 aliphatic heterocycles. The van der Waals surface area contributed by atoms with E-state index in [9.17, 15) is 10.1 Å². The molecule has 0 fully saturated rings. The van der Waals surface area contributed by atoms with E-state index in [1.165, 1.54) is 0 Å². The lowest BCUT2D eigenvalue weighted by Crippen LogP contribution is -2.45. The summed E-state index contributed by atoms with van der Waals surface area (Å²) >= 11 is 0. The highest BCUT2D eigenvalue weighted by atomic mass is 16.6. The first-order valence-electron chi connectivity index (χ1n) is 20.0. The summed E-state index contributed by atoms with van der Waals surface area (Å²) in [4.78, 5) is 32.9. The Bertz CT molecular complexity index is 3140. The first kappa shape index (κ1) is 34.6. The van der Waals surface area contributed by atoms with Gasteiger partial charge in [0.25, 0.3) is 5.54 Å². The van der Waals surface area contributed by atoms with Crippen molar-refractivity contribution >= 4 is 34.2 Å². The van der Waals surface area contributed by atoms with Crippen molar-refractivity contribution in [2.45, 2.75) is 24.3 Å². The van der Waals surface area contributed by atoms with Gasteiger partial charge in [0.2, 0.25) is 0 Å². The van der Waals surface area contributed by atoms with Crippen LogP contribution in [0.1, 0.15) is 39.8 Å². The molecule has 7 nitrogen and oxygen atoms in total. The smallest absolute Gasteiger partial charge is 0.276 e. The highest BCUT2D eigenvalue weighted by Gasteiger charge is 2.61. The van der Waals surface area contributed by atoms with Crippen LogP contribution in [0.2, 0.25) is 0 Å². The molecular weight excluding hydrogens is 727 g/mol. The van der Waals surface area contributed by atoms with Crippen molar-refractivity contribution in [2.75, 3.05) is 0 Å². The fourth-order valence-corrected chi connectivity index (χ4v) is 9.56. The van der Waals surface area contributed by atoms with Gasteiger partial charge in [0, 0.05) is 49.2 Å². The number of rotatable bonds is 5. The topological polar surface area (TPSA) is 100 Å². The van der Waals surface area contributed by atoms with Crippen molar-refractivity contribution in [3.05, 3.63) is 214 Å². The third-order valence-corrected chi connectivity index (χ3v) is 12.2. The van der Waals surface area contributed by atoms with Crippen LogP contribution >= 0.6 is 0 Å². The van der Waals surface area contributed by atoms with Crippen LogP contribution < -0.4 is 0 Å². The fraction of sp³-hybridized carbons (Fsp3) is 0.0769. The molecule has 8 bridgehead atoms. The number of hydrogen-bond acceptors (Lipinski definition) is 4. The van der Waals surface area contributed by atoms with Crippen molar-refractivity contribution in [1.82, 2.24) is 19.9 Å². The normalized spacial score (nSPS) is 16.6. The number of aromatic nitrogens is 4. The maximum atomic E-state index is 14.3. The van der Waals surface area contributed by atoms with Crippen LogP contribution in [0, 0.1) is 10.1 Å². The molecular formula is C52H37N5O2. The van der Waals surface area contributed by atoms with Gasteiger partial charge in [0.1, 0.15) is 5.69 Å². The standard InChI is InChI=1S/C52H37N5O2/c58-57(59)52-32-38-24-14-13-23-37(38)31-39(52)50-48(35-19-9-3-10-20-35)44-29-27-42(54-44)46(33-15-5-1-6-16-33)40-25-26-41(53-40)47(34-17-7-2-8-18-34)43-28-30-45(55-43)49(51(52)56-50)36-21-11-4-12-22-36/h1-30,39,54-55H,31-32H2/t39-,52+/m0/s1. The minimum absolute atomic E-state index is 0.0406. The quantitative estimate of drug-likeness (QED) is 0.135. The van der Waals surface area contributed by atoms with E-state index < -0.39 is 11.5 Å². The van der Waals surface area contributed by atoms with E-state index in [4.69, 9.17) is 9.97 Å². The van der Waals surface area contributed by atoms with Gasteiger partial charge in [-0.1, -0.05) is 146 Å². The Balaban J connectivity index is 1.39. The molecule has 3 aromatic heterocycles. The summed E-state index contributed by atoms with van der Waals surface area (Å²) in [5.74, 6) is -0.573. The highest BCUT2D eigenvalue weighted by molar-refractivity contribution is 5.97. The van der Waals surface area contributed by atoms with E-state index in [2.05, 4.69) is 82.8 Å². The van der Waals surface area contributed by atoms with Gasteiger partial charge in [-0.05, 0) is 76.2 Å². The Morgan fingerprint density at radius 1 is 0.492 bits per heavy atom. The van der Waals surface area contributed by atoms with Gasteiger partial charge in [-0.3, -0.25) is 10.1 Å². The molecule has 59 heavy (non-hydrogen) atoms. The van der Waals surface area contributed by atoms with Crippen LogP contribution in [0.3, 0.4) is 0 Å². The summed E-state index contributed by atoms with van der Waals surface area (Å²) in [6.07, 6.45) is 4.85. The Labute approximate surface area is 340 Å². The number of aromatic amines is 2.